The molecule has 3 N–H and O–H groups in total. The fourth-order valence-corrected chi connectivity index (χ4v) is 2.99. The Labute approximate surface area is 126 Å². The van der Waals surface area contributed by atoms with Gasteiger partial charge in [0.05, 0.1) is 0 Å². The van der Waals surface area contributed by atoms with E-state index in [1.165, 1.54) is 0 Å². The zero-order valence-electron chi connectivity index (χ0n) is 11.4. The number of carbonyl (C=O) groups is 1. The Bertz CT molecular complexity index is 609. The number of pyridine rings is 1. The minimum Gasteiger partial charge on any atom is -0.345 e. The number of piperazine rings is 1. The number of rotatable bonds is 3. The second-order valence-electron chi connectivity index (χ2n) is 4.67. The van der Waals surface area contributed by atoms with Crippen molar-refractivity contribution in [2.75, 3.05) is 36.5 Å². The van der Waals surface area contributed by atoms with Crippen molar-refractivity contribution in [2.45, 2.75) is 0 Å². The minimum atomic E-state index is 0.00712. The van der Waals surface area contributed by atoms with Crippen LogP contribution in [0.2, 0.25) is 0 Å². The van der Waals surface area contributed by atoms with E-state index in [2.05, 4.69) is 20.3 Å². The molecule has 0 aliphatic carbocycles. The average Bonchev–Trinajstić information content (AvgIpc) is 3.09. The van der Waals surface area contributed by atoms with Crippen molar-refractivity contribution >= 4 is 28.2 Å². The van der Waals surface area contributed by atoms with Crippen LogP contribution in [0.5, 0.6) is 0 Å². The molecule has 1 aliphatic heterocycles. The molecule has 0 radical (unpaired) electrons. The number of nitrogens with zero attached hydrogens (tertiary/aromatic N) is 4. The molecular formula is C13H16N6OS. The molecule has 3 rings (SSSR count). The summed E-state index contributed by atoms with van der Waals surface area (Å²) in [5, 5.41) is 2.98. The molecule has 3 heterocycles. The highest BCUT2D eigenvalue weighted by Gasteiger charge is 2.23. The van der Waals surface area contributed by atoms with Gasteiger partial charge < -0.3 is 15.2 Å². The molecule has 0 spiro atoms. The molecule has 1 fully saturated rings. The quantitative estimate of drug-likeness (QED) is 0.644. The van der Waals surface area contributed by atoms with Crippen LogP contribution < -0.4 is 16.2 Å². The molecule has 1 amide bonds. The molecule has 1 saturated heterocycles. The summed E-state index contributed by atoms with van der Waals surface area (Å²) in [6.07, 6.45) is 3.38. The number of carbonyl (C=O) groups excluding carboxylic acids is 1. The maximum atomic E-state index is 12.5. The third kappa shape index (κ3) is 2.96. The molecule has 0 unspecified atom stereocenters. The lowest BCUT2D eigenvalue weighted by atomic mass is 10.2. The van der Waals surface area contributed by atoms with E-state index < -0.39 is 0 Å². The van der Waals surface area contributed by atoms with Crippen LogP contribution in [0.1, 0.15) is 10.4 Å². The van der Waals surface area contributed by atoms with E-state index in [0.717, 1.165) is 18.2 Å². The number of hydrogen-bond acceptors (Lipinski definition) is 7. The first-order chi connectivity index (χ1) is 10.3. The molecule has 0 bridgehead atoms. The second-order valence-corrected chi connectivity index (χ2v) is 5.54. The highest BCUT2D eigenvalue weighted by molar-refractivity contribution is 7.13. The molecule has 0 saturated carbocycles. The Balaban J connectivity index is 1.64. The van der Waals surface area contributed by atoms with Gasteiger partial charge in [0.25, 0.3) is 5.91 Å². The Morgan fingerprint density at radius 2 is 2.05 bits per heavy atom. The molecular weight excluding hydrogens is 288 g/mol. The Morgan fingerprint density at radius 3 is 2.71 bits per heavy atom. The van der Waals surface area contributed by atoms with Crippen LogP contribution >= 0.6 is 11.3 Å². The summed E-state index contributed by atoms with van der Waals surface area (Å²) in [7, 11) is 0. The standard InChI is InChI=1S/C13H16N6OS/c14-17-11-9-10(1-2-15-11)12(20)18-4-6-19(7-5-18)13-16-3-8-21-13/h1-3,8-9H,4-7,14H2,(H,15,17). The van der Waals surface area contributed by atoms with Gasteiger partial charge in [-0.1, -0.05) is 0 Å². The zero-order chi connectivity index (χ0) is 14.7. The van der Waals surface area contributed by atoms with Crippen LogP contribution in [0.3, 0.4) is 0 Å². The van der Waals surface area contributed by atoms with Crippen molar-refractivity contribution in [3.63, 3.8) is 0 Å². The average molecular weight is 304 g/mol. The number of nitrogens with one attached hydrogen (secondary N) is 1. The van der Waals surface area contributed by atoms with E-state index in [1.54, 1.807) is 35.9 Å². The Morgan fingerprint density at radius 1 is 1.24 bits per heavy atom. The normalized spacial score (nSPS) is 15.1. The predicted octanol–water partition coefficient (Wildman–Crippen LogP) is 0.786. The van der Waals surface area contributed by atoms with E-state index in [1.807, 2.05) is 10.3 Å². The summed E-state index contributed by atoms with van der Waals surface area (Å²) >= 11 is 1.62. The summed E-state index contributed by atoms with van der Waals surface area (Å²) in [6.45, 7) is 2.97. The lowest BCUT2D eigenvalue weighted by molar-refractivity contribution is 0.0746. The van der Waals surface area contributed by atoms with Crippen molar-refractivity contribution in [3.05, 3.63) is 35.5 Å². The van der Waals surface area contributed by atoms with Crippen molar-refractivity contribution in [1.29, 1.82) is 0 Å². The van der Waals surface area contributed by atoms with E-state index in [4.69, 9.17) is 5.84 Å². The van der Waals surface area contributed by atoms with Crippen LogP contribution in [-0.4, -0.2) is 47.0 Å². The molecule has 2 aromatic heterocycles. The van der Waals surface area contributed by atoms with E-state index in [0.29, 0.717) is 24.5 Å². The number of anilines is 2. The van der Waals surface area contributed by atoms with Gasteiger partial charge in [-0.3, -0.25) is 4.79 Å². The Hall–Kier alpha value is -2.19. The monoisotopic (exact) mass is 304 g/mol. The molecule has 1 aliphatic rings. The third-order valence-corrected chi connectivity index (χ3v) is 4.24. The summed E-state index contributed by atoms with van der Waals surface area (Å²) in [6, 6.07) is 3.37. The van der Waals surface area contributed by atoms with Gasteiger partial charge in [0.1, 0.15) is 5.82 Å². The lowest BCUT2D eigenvalue weighted by Crippen LogP contribution is -2.48. The van der Waals surface area contributed by atoms with Gasteiger partial charge in [-0.25, -0.2) is 15.8 Å². The molecule has 7 nitrogen and oxygen atoms in total. The van der Waals surface area contributed by atoms with Crippen molar-refractivity contribution in [2.24, 2.45) is 5.84 Å². The van der Waals surface area contributed by atoms with Crippen LogP contribution in [0, 0.1) is 0 Å². The summed E-state index contributed by atoms with van der Waals surface area (Å²) in [4.78, 5) is 24.8. The molecule has 21 heavy (non-hydrogen) atoms. The first-order valence-corrected chi connectivity index (χ1v) is 7.52. The molecule has 2 aromatic rings. The van der Waals surface area contributed by atoms with Gasteiger partial charge in [0, 0.05) is 49.5 Å². The van der Waals surface area contributed by atoms with Crippen molar-refractivity contribution in [1.82, 2.24) is 14.9 Å². The van der Waals surface area contributed by atoms with Gasteiger partial charge in [-0.15, -0.1) is 11.3 Å². The highest BCUT2D eigenvalue weighted by atomic mass is 32.1. The topological polar surface area (TPSA) is 87.4 Å². The fraction of sp³-hybridized carbons (Fsp3) is 0.308. The number of nitrogen functional groups attached to an aromatic ring is 1. The minimum absolute atomic E-state index is 0.00712. The smallest absolute Gasteiger partial charge is 0.254 e. The van der Waals surface area contributed by atoms with Crippen LogP contribution in [-0.2, 0) is 0 Å². The van der Waals surface area contributed by atoms with Crippen molar-refractivity contribution in [3.8, 4) is 0 Å². The number of hydrogen-bond donors (Lipinski definition) is 2. The van der Waals surface area contributed by atoms with E-state index in [-0.39, 0.29) is 5.91 Å². The number of nitrogens with two attached hydrogens (primary N) is 1. The summed E-state index contributed by atoms with van der Waals surface area (Å²) in [5.41, 5.74) is 3.05. The molecule has 0 aromatic carbocycles. The predicted molar refractivity (Wildman–Crippen MR) is 82.3 cm³/mol. The van der Waals surface area contributed by atoms with Crippen LogP contribution in [0.15, 0.2) is 29.9 Å². The van der Waals surface area contributed by atoms with Gasteiger partial charge in [-0.05, 0) is 12.1 Å². The van der Waals surface area contributed by atoms with Gasteiger partial charge >= 0.3 is 0 Å². The zero-order valence-corrected chi connectivity index (χ0v) is 12.2. The number of amides is 1. The van der Waals surface area contributed by atoms with Crippen molar-refractivity contribution < 1.29 is 4.79 Å². The van der Waals surface area contributed by atoms with E-state index in [9.17, 15) is 4.79 Å². The van der Waals surface area contributed by atoms with Gasteiger partial charge in [0.2, 0.25) is 0 Å². The molecule has 8 heteroatoms. The van der Waals surface area contributed by atoms with Gasteiger partial charge in [0.15, 0.2) is 5.13 Å². The number of thiazole rings is 1. The molecule has 110 valence electrons. The first-order valence-electron chi connectivity index (χ1n) is 6.64. The summed E-state index contributed by atoms with van der Waals surface area (Å²) < 4.78 is 0. The Kier molecular flexibility index (Phi) is 3.98. The maximum absolute atomic E-state index is 12.5. The second kappa shape index (κ2) is 6.06. The lowest BCUT2D eigenvalue weighted by Gasteiger charge is -2.34. The summed E-state index contributed by atoms with van der Waals surface area (Å²) in [5.74, 6) is 5.82. The van der Waals surface area contributed by atoms with Crippen LogP contribution in [0.25, 0.3) is 0 Å². The van der Waals surface area contributed by atoms with Gasteiger partial charge in [-0.2, -0.15) is 0 Å². The number of aromatic nitrogens is 2. The number of hydrazine groups is 1. The SMILES string of the molecule is NNc1cc(C(=O)N2CCN(c3nccs3)CC2)ccn1. The fourth-order valence-electron chi connectivity index (χ4n) is 2.30. The largest absolute Gasteiger partial charge is 0.345 e. The third-order valence-electron chi connectivity index (χ3n) is 3.41. The van der Waals surface area contributed by atoms with Crippen LogP contribution in [0.4, 0.5) is 10.9 Å². The first kappa shape index (κ1) is 13.8. The maximum Gasteiger partial charge on any atom is 0.254 e. The van der Waals surface area contributed by atoms with E-state index >= 15 is 0 Å². The molecule has 0 atom stereocenters. The highest BCUT2D eigenvalue weighted by Crippen LogP contribution is 2.19.